The van der Waals surface area contributed by atoms with Gasteiger partial charge in [0.1, 0.15) is 0 Å². The second-order valence-electron chi connectivity index (χ2n) is 8.77. The Morgan fingerprint density at radius 3 is 2.36 bits per heavy atom. The van der Waals surface area contributed by atoms with Crippen LogP contribution in [0.4, 0.5) is 0 Å². The van der Waals surface area contributed by atoms with Gasteiger partial charge in [0.2, 0.25) is 0 Å². The number of benzene rings is 1. The lowest BCUT2D eigenvalue weighted by Crippen LogP contribution is -2.50. The molecule has 0 bridgehead atoms. The smallest absolute Gasteiger partial charge is 0.264 e. The third-order valence-electron chi connectivity index (χ3n) is 5.83. The number of nitrogens with zero attached hydrogens (tertiary/aromatic N) is 1. The summed E-state index contributed by atoms with van der Waals surface area (Å²) in [6.07, 6.45) is 0.778. The Labute approximate surface area is 197 Å². The van der Waals surface area contributed by atoms with E-state index in [0.717, 1.165) is 27.8 Å². The molecule has 1 aliphatic rings. The number of thiophene rings is 1. The molecule has 1 aromatic heterocycles. The SMILES string of the molecule is CC(C)(O)c1ccc(C#Cc2cc3c(s2)C(=O)N(CC[C@](C)(C(=O)NO)S(C)(=O)=O)C3)cc1. The molecular weight excluding hydrogens is 464 g/mol. The number of aliphatic hydroxyl groups is 1. The van der Waals surface area contributed by atoms with Crippen molar-refractivity contribution >= 4 is 33.0 Å². The summed E-state index contributed by atoms with van der Waals surface area (Å²) in [7, 11) is -3.83. The van der Waals surface area contributed by atoms with E-state index in [4.69, 9.17) is 5.21 Å². The molecule has 1 aromatic carbocycles. The van der Waals surface area contributed by atoms with Crippen LogP contribution in [0.3, 0.4) is 0 Å². The topological polar surface area (TPSA) is 124 Å². The lowest BCUT2D eigenvalue weighted by atomic mass is 9.97. The van der Waals surface area contributed by atoms with Crippen LogP contribution in [0.15, 0.2) is 30.3 Å². The van der Waals surface area contributed by atoms with E-state index in [1.165, 1.54) is 28.6 Å². The Kier molecular flexibility index (Phi) is 6.73. The molecular formula is C23H26N2O6S2. The van der Waals surface area contributed by atoms with Gasteiger partial charge in [-0.05, 0) is 56.5 Å². The van der Waals surface area contributed by atoms with E-state index in [9.17, 15) is 23.1 Å². The van der Waals surface area contributed by atoms with Crippen molar-refractivity contribution in [3.63, 3.8) is 0 Å². The van der Waals surface area contributed by atoms with Crippen LogP contribution in [0.2, 0.25) is 0 Å². The third kappa shape index (κ3) is 5.12. The predicted octanol–water partition coefficient (Wildman–Crippen LogP) is 2.03. The fraction of sp³-hybridized carbons (Fsp3) is 0.391. The molecule has 0 spiro atoms. The van der Waals surface area contributed by atoms with Gasteiger partial charge in [0.15, 0.2) is 14.6 Å². The minimum Gasteiger partial charge on any atom is -0.386 e. The molecule has 3 N–H and O–H groups in total. The van der Waals surface area contributed by atoms with Gasteiger partial charge in [0.05, 0.1) is 15.4 Å². The summed E-state index contributed by atoms with van der Waals surface area (Å²) in [5, 5.41) is 19.0. The number of amides is 2. The van der Waals surface area contributed by atoms with Crippen LogP contribution in [0.25, 0.3) is 0 Å². The van der Waals surface area contributed by atoms with Crippen molar-refractivity contribution in [2.75, 3.05) is 12.8 Å². The first-order chi connectivity index (χ1) is 15.3. The van der Waals surface area contributed by atoms with Crippen molar-refractivity contribution in [3.05, 3.63) is 56.8 Å². The maximum atomic E-state index is 12.8. The van der Waals surface area contributed by atoms with Gasteiger partial charge in [0.25, 0.3) is 11.8 Å². The van der Waals surface area contributed by atoms with Crippen molar-refractivity contribution in [1.82, 2.24) is 10.4 Å². The first kappa shape index (κ1) is 24.9. The van der Waals surface area contributed by atoms with E-state index < -0.39 is 26.1 Å². The third-order valence-corrected chi connectivity index (χ3v) is 8.94. The Balaban J connectivity index is 1.70. The van der Waals surface area contributed by atoms with Crippen molar-refractivity contribution in [3.8, 4) is 11.8 Å². The van der Waals surface area contributed by atoms with E-state index in [-0.39, 0.29) is 18.9 Å². The minimum atomic E-state index is -3.83. The van der Waals surface area contributed by atoms with Gasteiger partial charge in [-0.25, -0.2) is 13.9 Å². The summed E-state index contributed by atoms with van der Waals surface area (Å²) in [5.41, 5.74) is 2.86. The quantitative estimate of drug-likeness (QED) is 0.323. The van der Waals surface area contributed by atoms with Gasteiger partial charge >= 0.3 is 0 Å². The maximum absolute atomic E-state index is 12.8. The molecule has 2 heterocycles. The van der Waals surface area contributed by atoms with Gasteiger partial charge in [-0.3, -0.25) is 14.8 Å². The average Bonchev–Trinajstić information content (AvgIpc) is 3.27. The van der Waals surface area contributed by atoms with Crippen molar-refractivity contribution in [2.45, 2.75) is 44.1 Å². The molecule has 176 valence electrons. The molecule has 10 heteroatoms. The predicted molar refractivity (Wildman–Crippen MR) is 125 cm³/mol. The van der Waals surface area contributed by atoms with Gasteiger partial charge < -0.3 is 10.0 Å². The maximum Gasteiger partial charge on any atom is 0.264 e. The highest BCUT2D eigenvalue weighted by Crippen LogP contribution is 2.32. The summed E-state index contributed by atoms with van der Waals surface area (Å²) in [4.78, 5) is 27.5. The normalized spacial score (nSPS) is 15.5. The van der Waals surface area contributed by atoms with Crippen molar-refractivity contribution < 1.29 is 28.3 Å². The number of hydrogen-bond acceptors (Lipinski definition) is 7. The molecule has 0 fully saturated rings. The molecule has 33 heavy (non-hydrogen) atoms. The molecule has 8 nitrogen and oxygen atoms in total. The fourth-order valence-corrected chi connectivity index (χ4v) is 5.26. The Morgan fingerprint density at radius 2 is 1.85 bits per heavy atom. The summed E-state index contributed by atoms with van der Waals surface area (Å²) in [6, 6.07) is 9.14. The minimum absolute atomic E-state index is 0.0474. The standard InChI is InChI=1S/C23H26N2O6S2/c1-22(2,28)17-8-5-15(6-9-17)7-10-18-13-16-14-25(20(26)19(16)32-18)12-11-23(3,21(27)24-29)33(4,30)31/h5-6,8-9,13,28-29H,11-12,14H2,1-4H3,(H,24,27)/t23-/m1/s1. The zero-order valence-corrected chi connectivity index (χ0v) is 20.4. The summed E-state index contributed by atoms with van der Waals surface area (Å²) >= 11 is 1.27. The van der Waals surface area contributed by atoms with Crippen LogP contribution in [-0.4, -0.2) is 53.0 Å². The van der Waals surface area contributed by atoms with Crippen molar-refractivity contribution in [1.29, 1.82) is 0 Å². The van der Waals surface area contributed by atoms with Gasteiger partial charge in [-0.2, -0.15) is 0 Å². The number of carbonyl (C=O) groups is 2. The molecule has 0 radical (unpaired) electrons. The van der Waals surface area contributed by atoms with E-state index in [0.29, 0.717) is 11.4 Å². The zero-order valence-electron chi connectivity index (χ0n) is 18.8. The van der Waals surface area contributed by atoms with E-state index in [2.05, 4.69) is 11.8 Å². The van der Waals surface area contributed by atoms with Crippen LogP contribution in [-0.2, 0) is 26.8 Å². The number of carbonyl (C=O) groups excluding carboxylic acids is 2. The first-order valence-electron chi connectivity index (χ1n) is 10.2. The van der Waals surface area contributed by atoms with Gasteiger partial charge in [0, 0.05) is 24.9 Å². The highest BCUT2D eigenvalue weighted by atomic mass is 32.2. The molecule has 1 aliphatic heterocycles. The molecule has 0 saturated carbocycles. The Hall–Kier alpha value is -2.71. The van der Waals surface area contributed by atoms with Crippen LogP contribution in [0.5, 0.6) is 0 Å². The van der Waals surface area contributed by atoms with Gasteiger partial charge in [-0.15, -0.1) is 11.3 Å². The zero-order chi connectivity index (χ0) is 24.6. The van der Waals surface area contributed by atoms with Gasteiger partial charge in [-0.1, -0.05) is 24.0 Å². The summed E-state index contributed by atoms with van der Waals surface area (Å²) in [6.45, 7) is 5.00. The van der Waals surface area contributed by atoms with E-state index >= 15 is 0 Å². The lowest BCUT2D eigenvalue weighted by molar-refractivity contribution is -0.131. The number of rotatable bonds is 6. The summed E-state index contributed by atoms with van der Waals surface area (Å²) in [5.74, 6) is 4.85. The lowest BCUT2D eigenvalue weighted by Gasteiger charge is -2.27. The molecule has 0 unspecified atom stereocenters. The summed E-state index contributed by atoms with van der Waals surface area (Å²) < 4.78 is 22.4. The molecule has 3 rings (SSSR count). The average molecular weight is 491 g/mol. The number of hydroxylamine groups is 1. The highest BCUT2D eigenvalue weighted by Gasteiger charge is 2.44. The number of hydrogen-bond donors (Lipinski definition) is 3. The van der Waals surface area contributed by atoms with Crippen LogP contribution >= 0.6 is 11.3 Å². The molecule has 0 saturated heterocycles. The largest absolute Gasteiger partial charge is 0.386 e. The van der Waals surface area contributed by atoms with Crippen molar-refractivity contribution in [2.24, 2.45) is 0 Å². The second kappa shape index (κ2) is 8.91. The second-order valence-corrected chi connectivity index (χ2v) is 12.3. The Bertz CT molecular complexity index is 1250. The molecule has 2 aromatic rings. The fourth-order valence-electron chi connectivity index (χ4n) is 3.42. The molecule has 0 aliphatic carbocycles. The van der Waals surface area contributed by atoms with E-state index in [1.807, 2.05) is 30.3 Å². The highest BCUT2D eigenvalue weighted by molar-refractivity contribution is 7.92. The van der Waals surface area contributed by atoms with Crippen LogP contribution in [0.1, 0.15) is 58.4 Å². The monoisotopic (exact) mass is 490 g/mol. The van der Waals surface area contributed by atoms with Crippen LogP contribution in [0, 0.1) is 11.8 Å². The first-order valence-corrected chi connectivity index (χ1v) is 12.9. The number of sulfone groups is 1. The number of nitrogens with one attached hydrogen (secondary N) is 1. The Morgan fingerprint density at radius 1 is 1.21 bits per heavy atom. The number of fused-ring (bicyclic) bond motifs is 1. The van der Waals surface area contributed by atoms with Crippen LogP contribution < -0.4 is 5.48 Å². The van der Waals surface area contributed by atoms with E-state index in [1.54, 1.807) is 13.8 Å². The molecule has 2 amide bonds. The molecule has 1 atom stereocenters.